The molecule has 1 aromatic rings. The highest BCUT2D eigenvalue weighted by atomic mass is 35.5. The van der Waals surface area contributed by atoms with Crippen LogP contribution in [0.3, 0.4) is 0 Å². The lowest BCUT2D eigenvalue weighted by atomic mass is 9.97. The lowest BCUT2D eigenvalue weighted by Crippen LogP contribution is -2.47. The van der Waals surface area contributed by atoms with Crippen LogP contribution in [0, 0.1) is 5.92 Å². The van der Waals surface area contributed by atoms with Crippen LogP contribution in [-0.4, -0.2) is 29.8 Å². The number of benzene rings is 1. The fourth-order valence-electron chi connectivity index (χ4n) is 2.33. The van der Waals surface area contributed by atoms with E-state index in [0.29, 0.717) is 28.7 Å². The second-order valence-electron chi connectivity index (χ2n) is 4.72. The van der Waals surface area contributed by atoms with Crippen LogP contribution in [0.2, 0.25) is 10.0 Å². The summed E-state index contributed by atoms with van der Waals surface area (Å²) in [4.78, 5) is 25.6. The van der Waals surface area contributed by atoms with Gasteiger partial charge in [0.15, 0.2) is 0 Å². The molecule has 0 bridgehead atoms. The van der Waals surface area contributed by atoms with E-state index in [1.54, 1.807) is 17.0 Å². The van der Waals surface area contributed by atoms with E-state index in [1.807, 2.05) is 0 Å². The number of hydrazine groups is 1. The fraction of sp³-hybridized carbons (Fsp3) is 0.385. The summed E-state index contributed by atoms with van der Waals surface area (Å²) >= 11 is 11.9. The van der Waals surface area contributed by atoms with E-state index in [2.05, 4.69) is 5.43 Å². The van der Waals surface area contributed by atoms with Crippen LogP contribution in [-0.2, 0) is 4.79 Å². The smallest absolute Gasteiger partial charge is 0.255 e. The van der Waals surface area contributed by atoms with Gasteiger partial charge in [-0.15, -0.1) is 0 Å². The summed E-state index contributed by atoms with van der Waals surface area (Å²) in [5.74, 6) is 4.42. The van der Waals surface area contributed by atoms with Crippen molar-refractivity contribution in [2.45, 2.75) is 12.8 Å². The van der Waals surface area contributed by atoms with Gasteiger partial charge in [0, 0.05) is 18.1 Å². The average Bonchev–Trinajstić information content (AvgIpc) is 2.46. The lowest BCUT2D eigenvalue weighted by Gasteiger charge is -2.32. The number of rotatable bonds is 2. The Morgan fingerprint density at radius 2 is 2.10 bits per heavy atom. The normalized spacial score (nSPS) is 18.8. The number of nitrogens with one attached hydrogen (secondary N) is 1. The van der Waals surface area contributed by atoms with Crippen molar-refractivity contribution in [3.05, 3.63) is 33.8 Å². The average molecular weight is 316 g/mol. The summed E-state index contributed by atoms with van der Waals surface area (Å²) in [5.41, 5.74) is 2.53. The summed E-state index contributed by atoms with van der Waals surface area (Å²) < 4.78 is 0. The van der Waals surface area contributed by atoms with Crippen molar-refractivity contribution in [3.63, 3.8) is 0 Å². The number of carbonyl (C=O) groups is 2. The standard InChI is InChI=1S/C13H15Cl2N3O2/c14-9-3-4-10(11(15)6-9)13(20)18-5-1-2-8(7-18)12(19)17-16/h3-4,6,8H,1-2,5,7,16H2,(H,17,19). The van der Waals surface area contributed by atoms with Gasteiger partial charge in [-0.2, -0.15) is 0 Å². The number of hydrogen-bond donors (Lipinski definition) is 2. The summed E-state index contributed by atoms with van der Waals surface area (Å²) in [6.45, 7) is 0.951. The first kappa shape index (κ1) is 15.1. The molecule has 1 unspecified atom stereocenters. The summed E-state index contributed by atoms with van der Waals surface area (Å²) in [6, 6.07) is 4.75. The van der Waals surface area contributed by atoms with Crippen LogP contribution in [0.15, 0.2) is 18.2 Å². The Balaban J connectivity index is 2.14. The van der Waals surface area contributed by atoms with Crippen molar-refractivity contribution in [1.29, 1.82) is 0 Å². The number of nitrogens with two attached hydrogens (primary N) is 1. The molecule has 0 radical (unpaired) electrons. The Morgan fingerprint density at radius 3 is 2.75 bits per heavy atom. The van der Waals surface area contributed by atoms with E-state index in [-0.39, 0.29) is 17.7 Å². The third-order valence-corrected chi connectivity index (χ3v) is 3.93. The predicted octanol–water partition coefficient (Wildman–Crippen LogP) is 1.84. The van der Waals surface area contributed by atoms with Crippen molar-refractivity contribution in [3.8, 4) is 0 Å². The largest absolute Gasteiger partial charge is 0.338 e. The van der Waals surface area contributed by atoms with E-state index < -0.39 is 0 Å². The molecule has 3 N–H and O–H groups in total. The highest BCUT2D eigenvalue weighted by molar-refractivity contribution is 6.36. The highest BCUT2D eigenvalue weighted by Crippen LogP contribution is 2.24. The van der Waals surface area contributed by atoms with Crippen LogP contribution in [0.25, 0.3) is 0 Å². The lowest BCUT2D eigenvalue weighted by molar-refractivity contribution is -0.126. The second-order valence-corrected chi connectivity index (χ2v) is 5.57. The highest BCUT2D eigenvalue weighted by Gasteiger charge is 2.29. The molecule has 2 amide bonds. The predicted molar refractivity (Wildman–Crippen MR) is 77.4 cm³/mol. The Kier molecular flexibility index (Phi) is 4.86. The molecule has 1 heterocycles. The molecular weight excluding hydrogens is 301 g/mol. The minimum atomic E-state index is -0.274. The summed E-state index contributed by atoms with van der Waals surface area (Å²) in [6.07, 6.45) is 1.48. The van der Waals surface area contributed by atoms with E-state index in [1.165, 1.54) is 6.07 Å². The molecule has 1 aliphatic heterocycles. The molecule has 0 saturated carbocycles. The maximum atomic E-state index is 12.4. The molecule has 0 aliphatic carbocycles. The quantitative estimate of drug-likeness (QED) is 0.496. The monoisotopic (exact) mass is 315 g/mol. The molecule has 1 atom stereocenters. The third-order valence-electron chi connectivity index (χ3n) is 3.38. The van der Waals surface area contributed by atoms with Crippen LogP contribution < -0.4 is 11.3 Å². The Hall–Kier alpha value is -1.30. The Bertz CT molecular complexity index is 536. The molecular formula is C13H15Cl2N3O2. The van der Waals surface area contributed by atoms with E-state index >= 15 is 0 Å². The molecule has 5 nitrogen and oxygen atoms in total. The van der Waals surface area contributed by atoms with Gasteiger partial charge < -0.3 is 4.90 Å². The van der Waals surface area contributed by atoms with Gasteiger partial charge in [0.05, 0.1) is 16.5 Å². The van der Waals surface area contributed by atoms with Crippen LogP contribution in [0.1, 0.15) is 23.2 Å². The van der Waals surface area contributed by atoms with Crippen molar-refractivity contribution in [2.75, 3.05) is 13.1 Å². The maximum Gasteiger partial charge on any atom is 0.255 e. The number of halogens is 2. The van der Waals surface area contributed by atoms with E-state index in [0.717, 1.165) is 12.8 Å². The van der Waals surface area contributed by atoms with Crippen LogP contribution in [0.5, 0.6) is 0 Å². The molecule has 108 valence electrons. The van der Waals surface area contributed by atoms with Gasteiger partial charge >= 0.3 is 0 Å². The van der Waals surface area contributed by atoms with Crippen LogP contribution in [0.4, 0.5) is 0 Å². The van der Waals surface area contributed by atoms with E-state index in [4.69, 9.17) is 29.0 Å². The molecule has 1 fully saturated rings. The zero-order valence-electron chi connectivity index (χ0n) is 10.7. The zero-order valence-corrected chi connectivity index (χ0v) is 12.2. The topological polar surface area (TPSA) is 75.4 Å². The first-order chi connectivity index (χ1) is 9.52. The first-order valence-corrected chi connectivity index (χ1v) is 7.03. The number of amides is 2. The second kappa shape index (κ2) is 6.43. The molecule has 7 heteroatoms. The number of likely N-dealkylation sites (tertiary alicyclic amines) is 1. The van der Waals surface area contributed by atoms with Crippen molar-refractivity contribution < 1.29 is 9.59 Å². The summed E-state index contributed by atoms with van der Waals surface area (Å²) in [7, 11) is 0. The van der Waals surface area contributed by atoms with Gasteiger partial charge in [0.25, 0.3) is 5.91 Å². The minimum absolute atomic E-state index is 0.193. The summed E-state index contributed by atoms with van der Waals surface area (Å²) in [5, 5.41) is 0.790. The van der Waals surface area contributed by atoms with Gasteiger partial charge in [-0.1, -0.05) is 23.2 Å². The third kappa shape index (κ3) is 3.23. The van der Waals surface area contributed by atoms with Gasteiger partial charge in [-0.25, -0.2) is 5.84 Å². The van der Waals surface area contributed by atoms with Crippen molar-refractivity contribution in [2.24, 2.45) is 11.8 Å². The molecule has 2 rings (SSSR count). The minimum Gasteiger partial charge on any atom is -0.338 e. The van der Waals surface area contributed by atoms with E-state index in [9.17, 15) is 9.59 Å². The fourth-order valence-corrected chi connectivity index (χ4v) is 2.82. The Morgan fingerprint density at radius 1 is 1.35 bits per heavy atom. The zero-order chi connectivity index (χ0) is 14.7. The number of nitrogens with zero attached hydrogens (tertiary/aromatic N) is 1. The number of hydrogen-bond acceptors (Lipinski definition) is 3. The van der Waals surface area contributed by atoms with Gasteiger partial charge in [-0.05, 0) is 31.0 Å². The van der Waals surface area contributed by atoms with Crippen molar-refractivity contribution in [1.82, 2.24) is 10.3 Å². The van der Waals surface area contributed by atoms with Crippen molar-refractivity contribution >= 4 is 35.0 Å². The number of piperidine rings is 1. The van der Waals surface area contributed by atoms with Crippen LogP contribution >= 0.6 is 23.2 Å². The molecule has 1 aromatic carbocycles. The van der Waals surface area contributed by atoms with Gasteiger partial charge in [0.2, 0.25) is 5.91 Å². The SMILES string of the molecule is NNC(=O)C1CCCN(C(=O)c2ccc(Cl)cc2Cl)C1. The molecule has 1 aliphatic rings. The maximum absolute atomic E-state index is 12.4. The molecule has 0 spiro atoms. The molecule has 0 aromatic heterocycles. The molecule has 1 saturated heterocycles. The van der Waals surface area contributed by atoms with Gasteiger partial charge in [0.1, 0.15) is 0 Å². The Labute approximate surface area is 127 Å². The first-order valence-electron chi connectivity index (χ1n) is 6.27. The number of carbonyl (C=O) groups excluding carboxylic acids is 2. The van der Waals surface area contributed by atoms with Gasteiger partial charge in [-0.3, -0.25) is 15.0 Å². The molecule has 20 heavy (non-hydrogen) atoms.